The molecule has 0 unspecified atom stereocenters. The van der Waals surface area contributed by atoms with E-state index in [4.69, 9.17) is 16.0 Å². The third-order valence-corrected chi connectivity index (χ3v) is 4.86. The first-order valence-corrected chi connectivity index (χ1v) is 8.87. The highest BCUT2D eigenvalue weighted by Crippen LogP contribution is 2.29. The third-order valence-electron chi connectivity index (χ3n) is 3.85. The Balaban J connectivity index is 1.63. The molecule has 1 N–H and O–H groups in total. The van der Waals surface area contributed by atoms with Crippen molar-refractivity contribution in [2.24, 2.45) is 0 Å². The number of hydrogen-bond donors (Lipinski definition) is 1. The first kappa shape index (κ1) is 15.9. The average Bonchev–Trinajstić information content (AvgIpc) is 3.03. The molecule has 0 radical (unpaired) electrons. The fourth-order valence-electron chi connectivity index (χ4n) is 2.61. The predicted molar refractivity (Wildman–Crippen MR) is 103 cm³/mol. The number of aryl methyl sites for hydroxylation is 1. The molecule has 0 aliphatic heterocycles. The Labute approximate surface area is 152 Å². The molecule has 0 atom stereocenters. The summed E-state index contributed by atoms with van der Waals surface area (Å²) in [5, 5.41) is 7.62. The van der Waals surface area contributed by atoms with Crippen molar-refractivity contribution in [3.05, 3.63) is 74.9 Å². The number of fused-ring (bicyclic) bond motifs is 1. The topological polar surface area (TPSA) is 55.1 Å². The van der Waals surface area contributed by atoms with Crippen molar-refractivity contribution in [1.82, 2.24) is 4.98 Å². The van der Waals surface area contributed by atoms with Gasteiger partial charge in [0.05, 0.1) is 5.69 Å². The van der Waals surface area contributed by atoms with Crippen molar-refractivity contribution in [2.45, 2.75) is 6.92 Å². The molecule has 0 bridgehead atoms. The van der Waals surface area contributed by atoms with E-state index in [-0.39, 0.29) is 5.63 Å². The van der Waals surface area contributed by atoms with Crippen LogP contribution in [0.5, 0.6) is 0 Å². The molecule has 4 rings (SSSR count). The SMILES string of the molecule is Cc1cc(=O)oc2cc(Nc3nc(-c4ccc(Cl)cc4)cs3)ccc12. The molecule has 4 aromatic rings. The van der Waals surface area contributed by atoms with E-state index in [9.17, 15) is 4.79 Å². The van der Waals surface area contributed by atoms with E-state index >= 15 is 0 Å². The van der Waals surface area contributed by atoms with Crippen LogP contribution in [-0.4, -0.2) is 4.98 Å². The van der Waals surface area contributed by atoms with E-state index < -0.39 is 0 Å². The highest BCUT2D eigenvalue weighted by atomic mass is 35.5. The maximum absolute atomic E-state index is 11.6. The molecular formula is C19H13ClN2O2S. The molecular weight excluding hydrogens is 356 g/mol. The number of nitrogens with one attached hydrogen (secondary N) is 1. The van der Waals surface area contributed by atoms with Gasteiger partial charge in [-0.3, -0.25) is 0 Å². The fraction of sp³-hybridized carbons (Fsp3) is 0.0526. The summed E-state index contributed by atoms with van der Waals surface area (Å²) >= 11 is 7.43. The van der Waals surface area contributed by atoms with Crippen LogP contribution >= 0.6 is 22.9 Å². The maximum atomic E-state index is 11.6. The Morgan fingerprint density at radius 3 is 2.72 bits per heavy atom. The molecule has 0 saturated heterocycles. The van der Waals surface area contributed by atoms with Crippen molar-refractivity contribution in [2.75, 3.05) is 5.32 Å². The second kappa shape index (κ2) is 6.35. The van der Waals surface area contributed by atoms with Crippen LogP contribution in [0.15, 0.2) is 63.1 Å². The first-order chi connectivity index (χ1) is 12.1. The van der Waals surface area contributed by atoms with E-state index in [1.54, 1.807) is 0 Å². The molecule has 6 heteroatoms. The molecule has 0 aliphatic carbocycles. The Morgan fingerprint density at radius 2 is 1.92 bits per heavy atom. The van der Waals surface area contributed by atoms with E-state index in [2.05, 4.69) is 10.3 Å². The van der Waals surface area contributed by atoms with E-state index in [0.29, 0.717) is 10.6 Å². The standard InChI is InChI=1S/C19H13ClN2O2S/c1-11-8-18(23)24-17-9-14(6-7-15(11)17)21-19-22-16(10-25-19)12-2-4-13(20)5-3-12/h2-10H,1H3,(H,21,22). The van der Waals surface area contributed by atoms with Gasteiger partial charge in [0.15, 0.2) is 5.13 Å². The fourth-order valence-corrected chi connectivity index (χ4v) is 3.48. The zero-order chi connectivity index (χ0) is 17.4. The minimum atomic E-state index is -0.346. The number of anilines is 2. The summed E-state index contributed by atoms with van der Waals surface area (Å²) in [6, 6.07) is 14.8. The smallest absolute Gasteiger partial charge is 0.336 e. The number of thiazole rings is 1. The summed E-state index contributed by atoms with van der Waals surface area (Å²) in [7, 11) is 0. The molecule has 25 heavy (non-hydrogen) atoms. The molecule has 2 heterocycles. The van der Waals surface area contributed by atoms with Crippen LogP contribution in [0.1, 0.15) is 5.56 Å². The second-order valence-electron chi connectivity index (χ2n) is 5.63. The average molecular weight is 369 g/mol. The van der Waals surface area contributed by atoms with Crippen LogP contribution < -0.4 is 10.9 Å². The van der Waals surface area contributed by atoms with Crippen LogP contribution in [0.25, 0.3) is 22.2 Å². The molecule has 2 aromatic carbocycles. The van der Waals surface area contributed by atoms with Gasteiger partial charge in [0, 0.05) is 39.2 Å². The van der Waals surface area contributed by atoms with Crippen molar-refractivity contribution in [1.29, 1.82) is 0 Å². The summed E-state index contributed by atoms with van der Waals surface area (Å²) in [6.07, 6.45) is 0. The number of nitrogens with zero attached hydrogens (tertiary/aromatic N) is 1. The minimum absolute atomic E-state index is 0.346. The van der Waals surface area contributed by atoms with Crippen molar-refractivity contribution in [3.63, 3.8) is 0 Å². The molecule has 4 nitrogen and oxygen atoms in total. The van der Waals surface area contributed by atoms with E-state index in [1.165, 1.54) is 17.4 Å². The minimum Gasteiger partial charge on any atom is -0.423 e. The zero-order valence-electron chi connectivity index (χ0n) is 13.2. The third kappa shape index (κ3) is 3.29. The normalized spacial score (nSPS) is 11.0. The molecule has 0 spiro atoms. The van der Waals surface area contributed by atoms with Gasteiger partial charge in [-0.2, -0.15) is 0 Å². The quantitative estimate of drug-likeness (QED) is 0.477. The van der Waals surface area contributed by atoms with Gasteiger partial charge in [-0.05, 0) is 36.8 Å². The molecule has 2 aromatic heterocycles. The van der Waals surface area contributed by atoms with Gasteiger partial charge >= 0.3 is 5.63 Å². The molecule has 0 amide bonds. The Bertz CT molecular complexity index is 1120. The lowest BCUT2D eigenvalue weighted by molar-refractivity contribution is 0.560. The second-order valence-corrected chi connectivity index (χ2v) is 6.92. The number of benzene rings is 2. The number of rotatable bonds is 3. The number of halogens is 1. The van der Waals surface area contributed by atoms with Gasteiger partial charge in [-0.15, -0.1) is 11.3 Å². The number of hydrogen-bond acceptors (Lipinski definition) is 5. The van der Waals surface area contributed by atoms with Crippen LogP contribution in [0, 0.1) is 6.92 Å². The molecule has 0 aliphatic rings. The van der Waals surface area contributed by atoms with Gasteiger partial charge in [0.1, 0.15) is 5.58 Å². The summed E-state index contributed by atoms with van der Waals surface area (Å²) in [5.41, 5.74) is 3.82. The van der Waals surface area contributed by atoms with Crippen LogP contribution in [-0.2, 0) is 0 Å². The van der Waals surface area contributed by atoms with E-state index in [0.717, 1.165) is 33.0 Å². The van der Waals surface area contributed by atoms with Gasteiger partial charge in [-0.25, -0.2) is 9.78 Å². The van der Waals surface area contributed by atoms with Gasteiger partial charge < -0.3 is 9.73 Å². The summed E-state index contributed by atoms with van der Waals surface area (Å²) in [6.45, 7) is 1.89. The molecule has 124 valence electrons. The Morgan fingerprint density at radius 1 is 1.12 bits per heavy atom. The van der Waals surface area contributed by atoms with Crippen molar-refractivity contribution >= 4 is 44.7 Å². The summed E-state index contributed by atoms with van der Waals surface area (Å²) in [5.74, 6) is 0. The Kier molecular flexibility index (Phi) is 4.03. The Hall–Kier alpha value is -2.63. The predicted octanol–water partition coefficient (Wildman–Crippen LogP) is 5.62. The maximum Gasteiger partial charge on any atom is 0.336 e. The lowest BCUT2D eigenvalue weighted by atomic mass is 10.1. The van der Waals surface area contributed by atoms with Gasteiger partial charge in [-0.1, -0.05) is 23.7 Å². The first-order valence-electron chi connectivity index (χ1n) is 7.61. The number of aromatic nitrogens is 1. The highest BCUT2D eigenvalue weighted by molar-refractivity contribution is 7.14. The van der Waals surface area contributed by atoms with Crippen LogP contribution in [0.2, 0.25) is 5.02 Å². The van der Waals surface area contributed by atoms with Gasteiger partial charge in [0.2, 0.25) is 0 Å². The van der Waals surface area contributed by atoms with Crippen molar-refractivity contribution in [3.8, 4) is 11.3 Å². The monoisotopic (exact) mass is 368 g/mol. The van der Waals surface area contributed by atoms with Crippen molar-refractivity contribution < 1.29 is 4.42 Å². The molecule has 0 fully saturated rings. The molecule has 0 saturated carbocycles. The largest absolute Gasteiger partial charge is 0.423 e. The zero-order valence-corrected chi connectivity index (χ0v) is 14.8. The lowest BCUT2D eigenvalue weighted by Gasteiger charge is -2.05. The van der Waals surface area contributed by atoms with Gasteiger partial charge in [0.25, 0.3) is 0 Å². The summed E-state index contributed by atoms with van der Waals surface area (Å²) in [4.78, 5) is 16.1. The van der Waals surface area contributed by atoms with E-state index in [1.807, 2.05) is 54.8 Å². The van der Waals surface area contributed by atoms with Crippen LogP contribution in [0.3, 0.4) is 0 Å². The summed E-state index contributed by atoms with van der Waals surface area (Å²) < 4.78 is 5.28. The highest BCUT2D eigenvalue weighted by Gasteiger charge is 2.07. The lowest BCUT2D eigenvalue weighted by Crippen LogP contribution is -1.98. The van der Waals surface area contributed by atoms with Crippen LogP contribution in [0.4, 0.5) is 10.8 Å².